The number of nitrogens with one attached hydrogen (secondary N) is 1. The highest BCUT2D eigenvalue weighted by atomic mass is 16.6. The molecule has 108 valence electrons. The van der Waals surface area contributed by atoms with Gasteiger partial charge in [0.25, 0.3) is 5.69 Å². The van der Waals surface area contributed by atoms with E-state index in [1.807, 2.05) is 13.1 Å². The lowest BCUT2D eigenvalue weighted by Crippen LogP contribution is -2.36. The second-order valence-corrected chi connectivity index (χ2v) is 5.16. The van der Waals surface area contributed by atoms with E-state index in [0.29, 0.717) is 18.2 Å². The van der Waals surface area contributed by atoms with Gasteiger partial charge in [0.15, 0.2) is 0 Å². The van der Waals surface area contributed by atoms with Gasteiger partial charge in [0.05, 0.1) is 11.5 Å². The maximum atomic E-state index is 11.8. The number of carbonyl (C=O) groups excluding carboxylic acids is 1. The van der Waals surface area contributed by atoms with Crippen LogP contribution in [0.5, 0.6) is 0 Å². The Bertz CT molecular complexity index is 526. The highest BCUT2D eigenvalue weighted by Crippen LogP contribution is 2.25. The molecule has 0 heterocycles. The first-order valence-corrected chi connectivity index (χ1v) is 6.70. The number of carbonyl (C=O) groups is 1. The number of benzene rings is 1. The van der Waals surface area contributed by atoms with Gasteiger partial charge in [0.1, 0.15) is 0 Å². The second kappa shape index (κ2) is 6.00. The normalized spacial score (nSPS) is 14.1. The molecule has 1 aromatic rings. The Kier molecular flexibility index (Phi) is 4.34. The molecule has 0 bridgehead atoms. The van der Waals surface area contributed by atoms with Gasteiger partial charge in [-0.25, -0.2) is 0 Å². The van der Waals surface area contributed by atoms with Gasteiger partial charge in [-0.05, 0) is 25.3 Å². The molecular formula is C14H19N3O3. The zero-order chi connectivity index (χ0) is 14.7. The van der Waals surface area contributed by atoms with Crippen LogP contribution in [0.25, 0.3) is 0 Å². The summed E-state index contributed by atoms with van der Waals surface area (Å²) < 4.78 is 0. The highest BCUT2D eigenvalue weighted by molar-refractivity contribution is 5.78. The summed E-state index contributed by atoms with van der Waals surface area (Å²) in [6, 6.07) is 5.40. The SMILES string of the molecule is Cc1c(CNCC(=O)N(C)C2CC2)cccc1[N+](=O)[O-]. The molecular weight excluding hydrogens is 258 g/mol. The average Bonchev–Trinajstić information content (AvgIpc) is 3.23. The van der Waals surface area contributed by atoms with Crippen molar-refractivity contribution in [3.8, 4) is 0 Å². The Morgan fingerprint density at radius 1 is 1.50 bits per heavy atom. The lowest BCUT2D eigenvalue weighted by molar-refractivity contribution is -0.385. The first kappa shape index (κ1) is 14.5. The van der Waals surface area contributed by atoms with E-state index in [4.69, 9.17) is 0 Å². The molecule has 1 N–H and O–H groups in total. The number of nitro benzene ring substituents is 1. The Morgan fingerprint density at radius 3 is 2.80 bits per heavy atom. The Morgan fingerprint density at radius 2 is 2.20 bits per heavy atom. The van der Waals surface area contributed by atoms with Crippen LogP contribution in [0.1, 0.15) is 24.0 Å². The van der Waals surface area contributed by atoms with Crippen LogP contribution in [-0.2, 0) is 11.3 Å². The molecule has 6 heteroatoms. The van der Waals surface area contributed by atoms with Gasteiger partial charge in [0.2, 0.25) is 5.91 Å². The molecule has 0 radical (unpaired) electrons. The summed E-state index contributed by atoms with van der Waals surface area (Å²) >= 11 is 0. The van der Waals surface area contributed by atoms with E-state index in [2.05, 4.69) is 5.32 Å². The number of amides is 1. The van der Waals surface area contributed by atoms with Gasteiger partial charge < -0.3 is 10.2 Å². The third-order valence-electron chi connectivity index (χ3n) is 3.69. The van der Waals surface area contributed by atoms with E-state index in [9.17, 15) is 14.9 Å². The number of nitro groups is 1. The first-order chi connectivity index (χ1) is 9.50. The lowest BCUT2D eigenvalue weighted by atomic mass is 10.1. The van der Waals surface area contributed by atoms with Crippen LogP contribution >= 0.6 is 0 Å². The Hall–Kier alpha value is -1.95. The summed E-state index contributed by atoms with van der Waals surface area (Å²) in [6.45, 7) is 2.44. The van der Waals surface area contributed by atoms with Crippen molar-refractivity contribution in [1.82, 2.24) is 10.2 Å². The minimum atomic E-state index is -0.384. The fourth-order valence-corrected chi connectivity index (χ4v) is 2.15. The van der Waals surface area contributed by atoms with Crippen LogP contribution in [0, 0.1) is 17.0 Å². The van der Waals surface area contributed by atoms with E-state index in [0.717, 1.165) is 18.4 Å². The van der Waals surface area contributed by atoms with Crippen LogP contribution in [0.15, 0.2) is 18.2 Å². The molecule has 1 amide bonds. The van der Waals surface area contributed by atoms with Gasteiger partial charge >= 0.3 is 0 Å². The maximum absolute atomic E-state index is 11.8. The number of hydrogen-bond acceptors (Lipinski definition) is 4. The van der Waals surface area contributed by atoms with Gasteiger partial charge in [-0.15, -0.1) is 0 Å². The largest absolute Gasteiger partial charge is 0.342 e. The van der Waals surface area contributed by atoms with Crippen molar-refractivity contribution in [3.63, 3.8) is 0 Å². The van der Waals surface area contributed by atoms with Crippen LogP contribution in [-0.4, -0.2) is 35.4 Å². The minimum absolute atomic E-state index is 0.0654. The zero-order valence-electron chi connectivity index (χ0n) is 11.8. The monoisotopic (exact) mass is 277 g/mol. The van der Waals surface area contributed by atoms with Gasteiger partial charge in [0, 0.05) is 31.3 Å². The van der Waals surface area contributed by atoms with Crippen molar-refractivity contribution in [3.05, 3.63) is 39.4 Å². The van der Waals surface area contributed by atoms with Crippen molar-refractivity contribution in [2.24, 2.45) is 0 Å². The number of nitrogens with zero attached hydrogens (tertiary/aromatic N) is 2. The van der Waals surface area contributed by atoms with Crippen molar-refractivity contribution >= 4 is 11.6 Å². The molecule has 0 atom stereocenters. The third-order valence-corrected chi connectivity index (χ3v) is 3.69. The average molecular weight is 277 g/mol. The quantitative estimate of drug-likeness (QED) is 0.633. The molecule has 20 heavy (non-hydrogen) atoms. The fourth-order valence-electron chi connectivity index (χ4n) is 2.15. The van der Waals surface area contributed by atoms with Gasteiger partial charge in [-0.2, -0.15) is 0 Å². The molecule has 0 spiro atoms. The fraction of sp³-hybridized carbons (Fsp3) is 0.500. The standard InChI is InChI=1S/C14H19N3O3/c1-10-11(4-3-5-13(10)17(19)20)8-15-9-14(18)16(2)12-6-7-12/h3-5,12,15H,6-9H2,1-2H3. The van der Waals surface area contributed by atoms with E-state index < -0.39 is 0 Å². The van der Waals surface area contributed by atoms with E-state index >= 15 is 0 Å². The van der Waals surface area contributed by atoms with Gasteiger partial charge in [-0.1, -0.05) is 12.1 Å². The predicted molar refractivity (Wildman–Crippen MR) is 75.3 cm³/mol. The summed E-state index contributed by atoms with van der Waals surface area (Å²) in [5.41, 5.74) is 1.61. The van der Waals surface area contributed by atoms with Crippen molar-refractivity contribution in [2.75, 3.05) is 13.6 Å². The summed E-state index contributed by atoms with van der Waals surface area (Å²) in [6.07, 6.45) is 2.18. The molecule has 1 aliphatic rings. The minimum Gasteiger partial charge on any atom is -0.342 e. The van der Waals surface area contributed by atoms with Crippen LogP contribution in [0.2, 0.25) is 0 Å². The number of rotatable bonds is 6. The summed E-state index contributed by atoms with van der Waals surface area (Å²) in [5.74, 6) is 0.0654. The molecule has 2 rings (SSSR count). The molecule has 6 nitrogen and oxygen atoms in total. The Labute approximate surface area is 117 Å². The lowest BCUT2D eigenvalue weighted by Gasteiger charge is -2.16. The molecule has 1 aliphatic carbocycles. The van der Waals surface area contributed by atoms with Crippen LogP contribution in [0.4, 0.5) is 5.69 Å². The zero-order valence-corrected chi connectivity index (χ0v) is 11.8. The Balaban J connectivity index is 1.89. The predicted octanol–water partition coefficient (Wildman–Crippen LogP) is 1.61. The molecule has 0 unspecified atom stereocenters. The summed E-state index contributed by atoms with van der Waals surface area (Å²) in [4.78, 5) is 24.1. The van der Waals surface area contributed by atoms with E-state index in [-0.39, 0.29) is 23.1 Å². The maximum Gasteiger partial charge on any atom is 0.272 e. The van der Waals surface area contributed by atoms with Crippen molar-refractivity contribution < 1.29 is 9.72 Å². The van der Waals surface area contributed by atoms with Crippen LogP contribution in [0.3, 0.4) is 0 Å². The molecule has 0 aromatic heterocycles. The summed E-state index contributed by atoms with van der Waals surface area (Å²) in [7, 11) is 1.82. The summed E-state index contributed by atoms with van der Waals surface area (Å²) in [5, 5.41) is 13.9. The number of likely N-dealkylation sites (N-methyl/N-ethyl adjacent to an activating group) is 1. The molecule has 1 fully saturated rings. The van der Waals surface area contributed by atoms with E-state index in [1.54, 1.807) is 17.9 Å². The smallest absolute Gasteiger partial charge is 0.272 e. The highest BCUT2D eigenvalue weighted by Gasteiger charge is 2.29. The molecule has 0 aliphatic heterocycles. The van der Waals surface area contributed by atoms with Crippen molar-refractivity contribution in [1.29, 1.82) is 0 Å². The number of hydrogen-bond donors (Lipinski definition) is 1. The van der Waals surface area contributed by atoms with E-state index in [1.165, 1.54) is 6.07 Å². The van der Waals surface area contributed by atoms with Crippen molar-refractivity contribution in [2.45, 2.75) is 32.4 Å². The third kappa shape index (κ3) is 3.33. The van der Waals surface area contributed by atoms with Gasteiger partial charge in [-0.3, -0.25) is 14.9 Å². The topological polar surface area (TPSA) is 75.5 Å². The molecule has 0 saturated heterocycles. The van der Waals surface area contributed by atoms with Crippen LogP contribution < -0.4 is 5.32 Å². The molecule has 1 aromatic carbocycles. The second-order valence-electron chi connectivity index (χ2n) is 5.16. The molecule has 1 saturated carbocycles. The first-order valence-electron chi connectivity index (χ1n) is 6.70.